The Labute approximate surface area is 115 Å². The molecule has 0 saturated carbocycles. The van der Waals surface area contributed by atoms with Crippen molar-refractivity contribution < 1.29 is 34.0 Å². The minimum Gasteiger partial charge on any atom is -0.496 e. The van der Waals surface area contributed by atoms with E-state index in [2.05, 4.69) is 0 Å². The molecule has 1 aromatic rings. The molecular formula is C13H16O7. The molecule has 0 aromatic heterocycles. The van der Waals surface area contributed by atoms with Crippen molar-refractivity contribution in [2.75, 3.05) is 20.8 Å². The summed E-state index contributed by atoms with van der Waals surface area (Å²) in [7, 11) is 2.64. The van der Waals surface area contributed by atoms with Crippen LogP contribution in [0.3, 0.4) is 0 Å². The number of hydrogen-bond acceptors (Lipinski definition) is 6. The molecule has 110 valence electrons. The molecule has 0 aliphatic heterocycles. The van der Waals surface area contributed by atoms with Crippen LogP contribution in [-0.2, 0) is 9.53 Å². The fraction of sp³-hybridized carbons (Fsp3) is 0.385. The average Bonchev–Trinajstić information content (AvgIpc) is 2.44. The third-order valence-electron chi connectivity index (χ3n) is 2.59. The largest absolute Gasteiger partial charge is 0.496 e. The van der Waals surface area contributed by atoms with Gasteiger partial charge in [-0.15, -0.1) is 0 Å². The Balaban J connectivity index is 3.33. The van der Waals surface area contributed by atoms with Gasteiger partial charge in [0.05, 0.1) is 20.8 Å². The molecule has 20 heavy (non-hydrogen) atoms. The summed E-state index contributed by atoms with van der Waals surface area (Å²) in [6.45, 7) is 1.69. The Morgan fingerprint density at radius 2 is 1.80 bits per heavy atom. The van der Waals surface area contributed by atoms with Gasteiger partial charge in [0.2, 0.25) is 0 Å². The van der Waals surface area contributed by atoms with E-state index in [4.69, 9.17) is 19.3 Å². The van der Waals surface area contributed by atoms with Crippen molar-refractivity contribution in [1.82, 2.24) is 0 Å². The number of esters is 1. The van der Waals surface area contributed by atoms with E-state index in [1.165, 1.54) is 20.3 Å². The fourth-order valence-corrected chi connectivity index (χ4v) is 1.65. The smallest absolute Gasteiger partial charge is 0.339 e. The Morgan fingerprint density at radius 3 is 2.25 bits per heavy atom. The van der Waals surface area contributed by atoms with Crippen LogP contribution in [0.5, 0.6) is 11.5 Å². The lowest BCUT2D eigenvalue weighted by atomic mass is 10.0. The summed E-state index contributed by atoms with van der Waals surface area (Å²) in [6.07, 6.45) is -1.63. The van der Waals surface area contributed by atoms with Crippen molar-refractivity contribution >= 4 is 11.9 Å². The summed E-state index contributed by atoms with van der Waals surface area (Å²) in [5.74, 6) is -1.93. The third kappa shape index (κ3) is 3.18. The zero-order valence-electron chi connectivity index (χ0n) is 11.4. The zero-order chi connectivity index (χ0) is 15.3. The molecule has 1 aromatic carbocycles. The number of benzene rings is 1. The van der Waals surface area contributed by atoms with Crippen molar-refractivity contribution in [3.05, 3.63) is 23.3 Å². The Bertz CT molecular complexity index is 510. The minimum absolute atomic E-state index is 0.00384. The van der Waals surface area contributed by atoms with Gasteiger partial charge >= 0.3 is 11.9 Å². The first-order chi connectivity index (χ1) is 9.46. The van der Waals surface area contributed by atoms with E-state index in [1.807, 2.05) is 0 Å². The summed E-state index contributed by atoms with van der Waals surface area (Å²) in [5.41, 5.74) is -0.184. The first kappa shape index (κ1) is 15.8. The molecule has 0 spiro atoms. The third-order valence-corrected chi connectivity index (χ3v) is 2.59. The second kappa shape index (κ2) is 6.76. The lowest BCUT2D eigenvalue weighted by Crippen LogP contribution is -2.17. The van der Waals surface area contributed by atoms with E-state index in [-0.39, 0.29) is 29.2 Å². The van der Waals surface area contributed by atoms with Crippen LogP contribution < -0.4 is 9.47 Å². The SMILES string of the molecule is CCOC(=O)C(O)c1cc(C(=O)O)c(OC)cc1OC. The Kier molecular flexibility index (Phi) is 5.33. The molecule has 0 amide bonds. The molecular weight excluding hydrogens is 268 g/mol. The molecule has 1 atom stereocenters. The maximum atomic E-state index is 11.5. The first-order valence-electron chi connectivity index (χ1n) is 5.80. The first-order valence-corrected chi connectivity index (χ1v) is 5.80. The van der Waals surface area contributed by atoms with Crippen molar-refractivity contribution in [3.63, 3.8) is 0 Å². The average molecular weight is 284 g/mol. The van der Waals surface area contributed by atoms with Gasteiger partial charge in [-0.05, 0) is 13.0 Å². The molecule has 0 fully saturated rings. The molecule has 7 heteroatoms. The molecule has 1 unspecified atom stereocenters. The van der Waals surface area contributed by atoms with Crippen molar-refractivity contribution in [2.45, 2.75) is 13.0 Å². The number of aliphatic hydroxyl groups is 1. The number of methoxy groups -OCH3 is 2. The number of aliphatic hydroxyl groups excluding tert-OH is 1. The number of hydrogen-bond donors (Lipinski definition) is 2. The quantitative estimate of drug-likeness (QED) is 0.751. The van der Waals surface area contributed by atoms with Gasteiger partial charge in [0.1, 0.15) is 17.1 Å². The molecule has 0 aliphatic rings. The number of aromatic carboxylic acids is 1. The second-order valence-corrected chi connectivity index (χ2v) is 3.75. The fourth-order valence-electron chi connectivity index (χ4n) is 1.65. The highest BCUT2D eigenvalue weighted by Gasteiger charge is 2.26. The summed E-state index contributed by atoms with van der Waals surface area (Å²) in [5, 5.41) is 19.0. The van der Waals surface area contributed by atoms with E-state index in [0.29, 0.717) is 0 Å². The Hall–Kier alpha value is -2.28. The summed E-state index contributed by atoms with van der Waals surface area (Å²) < 4.78 is 14.7. The zero-order valence-corrected chi connectivity index (χ0v) is 11.4. The number of carboxylic acids is 1. The maximum Gasteiger partial charge on any atom is 0.339 e. The summed E-state index contributed by atoms with van der Waals surface area (Å²) >= 11 is 0. The van der Waals surface area contributed by atoms with Gasteiger partial charge in [-0.2, -0.15) is 0 Å². The van der Waals surface area contributed by atoms with E-state index in [1.54, 1.807) is 6.92 Å². The van der Waals surface area contributed by atoms with Crippen LogP contribution in [0.4, 0.5) is 0 Å². The number of carboxylic acid groups (broad SMARTS) is 1. The molecule has 0 saturated heterocycles. The van der Waals surface area contributed by atoms with Crippen LogP contribution in [0.1, 0.15) is 28.9 Å². The van der Waals surface area contributed by atoms with E-state index >= 15 is 0 Å². The maximum absolute atomic E-state index is 11.5. The van der Waals surface area contributed by atoms with Crippen LogP contribution in [0.25, 0.3) is 0 Å². The molecule has 1 rings (SSSR count). The molecule has 0 aliphatic carbocycles. The van der Waals surface area contributed by atoms with Gasteiger partial charge in [-0.1, -0.05) is 0 Å². The number of carbonyl (C=O) groups is 2. The minimum atomic E-state index is -1.63. The highest BCUT2D eigenvalue weighted by atomic mass is 16.5. The van der Waals surface area contributed by atoms with Gasteiger partial charge < -0.3 is 24.4 Å². The normalized spacial score (nSPS) is 11.6. The van der Waals surface area contributed by atoms with Gasteiger partial charge in [0.15, 0.2) is 6.10 Å². The van der Waals surface area contributed by atoms with Crippen molar-refractivity contribution in [3.8, 4) is 11.5 Å². The predicted molar refractivity (Wildman–Crippen MR) is 68.1 cm³/mol. The van der Waals surface area contributed by atoms with Gasteiger partial charge in [0, 0.05) is 11.6 Å². The highest BCUT2D eigenvalue weighted by Crippen LogP contribution is 2.33. The van der Waals surface area contributed by atoms with Crippen LogP contribution in [0.2, 0.25) is 0 Å². The molecule has 7 nitrogen and oxygen atoms in total. The van der Waals surface area contributed by atoms with Crippen LogP contribution in [0.15, 0.2) is 12.1 Å². The van der Waals surface area contributed by atoms with E-state index in [9.17, 15) is 14.7 Å². The number of carbonyl (C=O) groups excluding carboxylic acids is 1. The summed E-state index contributed by atoms with van der Waals surface area (Å²) in [6, 6.07) is 2.42. The standard InChI is InChI=1S/C13H16O7/c1-4-20-13(17)11(14)7-5-8(12(15)16)10(19-3)6-9(7)18-2/h5-6,11,14H,4H2,1-3H3,(H,15,16). The molecule has 2 N–H and O–H groups in total. The predicted octanol–water partition coefficient (Wildman–Crippen LogP) is 0.999. The molecule has 0 heterocycles. The molecule has 0 radical (unpaired) electrons. The lowest BCUT2D eigenvalue weighted by Gasteiger charge is -2.16. The number of ether oxygens (including phenoxy) is 3. The lowest BCUT2D eigenvalue weighted by molar-refractivity contribution is -0.153. The van der Waals surface area contributed by atoms with Gasteiger partial charge in [-0.25, -0.2) is 9.59 Å². The van der Waals surface area contributed by atoms with Gasteiger partial charge in [-0.3, -0.25) is 0 Å². The van der Waals surface area contributed by atoms with Crippen LogP contribution in [-0.4, -0.2) is 43.0 Å². The number of rotatable bonds is 6. The van der Waals surface area contributed by atoms with Crippen LogP contribution in [0, 0.1) is 0 Å². The van der Waals surface area contributed by atoms with Crippen molar-refractivity contribution in [2.24, 2.45) is 0 Å². The summed E-state index contributed by atoms with van der Waals surface area (Å²) in [4.78, 5) is 22.7. The van der Waals surface area contributed by atoms with Crippen molar-refractivity contribution in [1.29, 1.82) is 0 Å². The van der Waals surface area contributed by atoms with Crippen LogP contribution >= 0.6 is 0 Å². The Morgan fingerprint density at radius 1 is 1.20 bits per heavy atom. The van der Waals surface area contributed by atoms with E-state index in [0.717, 1.165) is 6.07 Å². The highest BCUT2D eigenvalue weighted by molar-refractivity contribution is 5.92. The van der Waals surface area contributed by atoms with E-state index < -0.39 is 18.0 Å². The molecule has 0 bridgehead atoms. The monoisotopic (exact) mass is 284 g/mol. The van der Waals surface area contributed by atoms with Gasteiger partial charge in [0.25, 0.3) is 0 Å². The second-order valence-electron chi connectivity index (χ2n) is 3.75. The topological polar surface area (TPSA) is 102 Å².